The van der Waals surface area contributed by atoms with Crippen molar-refractivity contribution in [2.24, 2.45) is 11.3 Å². The molecule has 1 aliphatic rings. The van der Waals surface area contributed by atoms with Gasteiger partial charge in [0, 0.05) is 11.6 Å². The van der Waals surface area contributed by atoms with Crippen LogP contribution in [0.25, 0.3) is 0 Å². The van der Waals surface area contributed by atoms with Gasteiger partial charge in [0.15, 0.2) is 0 Å². The van der Waals surface area contributed by atoms with Gasteiger partial charge < -0.3 is 5.11 Å². The lowest BCUT2D eigenvalue weighted by molar-refractivity contribution is -0.139. The smallest absolute Gasteiger partial charge is 0.311 e. The van der Waals surface area contributed by atoms with E-state index in [0.717, 1.165) is 5.57 Å². The lowest BCUT2D eigenvalue weighted by atomic mass is 10.1. The first-order valence-electron chi connectivity index (χ1n) is 4.32. The molecule has 0 amide bonds. The highest BCUT2D eigenvalue weighted by Gasteiger charge is 2.57. The normalized spacial score (nSPS) is 27.3. The van der Waals surface area contributed by atoms with E-state index in [1.54, 1.807) is 6.20 Å². The third kappa shape index (κ3) is 1.83. The van der Waals surface area contributed by atoms with Crippen LogP contribution in [0.5, 0.6) is 0 Å². The Kier molecular flexibility index (Phi) is 2.61. The highest BCUT2D eigenvalue weighted by molar-refractivity contribution is 5.82. The minimum Gasteiger partial charge on any atom is -0.481 e. The molecule has 0 aromatic rings. The number of aliphatic carboxylic acids is 1. The monoisotopic (exact) mass is 185 g/mol. The molecule has 0 radical (unpaired) electrons. The molecule has 1 aliphatic carbocycles. The van der Waals surface area contributed by atoms with Gasteiger partial charge in [0.05, 0.1) is 12.5 Å². The summed E-state index contributed by atoms with van der Waals surface area (Å²) in [6, 6.07) is 0. The summed E-state index contributed by atoms with van der Waals surface area (Å²) < 4.78 is 0. The molecule has 4 heteroatoms. The number of nitrogens with one attached hydrogen (secondary N) is 1. The summed E-state index contributed by atoms with van der Waals surface area (Å²) in [7, 11) is 0. The van der Waals surface area contributed by atoms with Crippen LogP contribution < -0.4 is 5.48 Å². The van der Waals surface area contributed by atoms with E-state index >= 15 is 0 Å². The van der Waals surface area contributed by atoms with E-state index in [2.05, 4.69) is 5.48 Å². The van der Waals surface area contributed by atoms with E-state index < -0.39 is 5.97 Å². The lowest BCUT2D eigenvalue weighted by Crippen LogP contribution is -2.05. The number of carboxylic acids is 1. The molecule has 4 nitrogen and oxygen atoms in total. The maximum atomic E-state index is 10.7. The zero-order chi connectivity index (χ0) is 10.1. The van der Waals surface area contributed by atoms with Gasteiger partial charge in [-0.25, -0.2) is 0 Å². The summed E-state index contributed by atoms with van der Waals surface area (Å²) >= 11 is 0. The minimum atomic E-state index is -0.769. The first kappa shape index (κ1) is 10.1. The average Bonchev–Trinajstić information content (AvgIpc) is 2.54. The second-order valence-electron chi connectivity index (χ2n) is 3.64. The van der Waals surface area contributed by atoms with Gasteiger partial charge in [0.2, 0.25) is 0 Å². The van der Waals surface area contributed by atoms with Crippen molar-refractivity contribution in [3.8, 4) is 0 Å². The molecular weight excluding hydrogens is 170 g/mol. The SMILES string of the molecule is CCONC=C1C(C(=O)O)C1(C)C. The molecule has 1 atom stereocenters. The lowest BCUT2D eigenvalue weighted by Gasteiger charge is -1.97. The second-order valence-corrected chi connectivity index (χ2v) is 3.64. The summed E-state index contributed by atoms with van der Waals surface area (Å²) in [5, 5.41) is 8.81. The summed E-state index contributed by atoms with van der Waals surface area (Å²) in [6.45, 7) is 6.23. The summed E-state index contributed by atoms with van der Waals surface area (Å²) in [4.78, 5) is 15.6. The Morgan fingerprint density at radius 3 is 2.77 bits per heavy atom. The third-order valence-corrected chi connectivity index (χ3v) is 2.38. The van der Waals surface area contributed by atoms with Crippen molar-refractivity contribution in [3.63, 3.8) is 0 Å². The molecule has 0 heterocycles. The summed E-state index contributed by atoms with van der Waals surface area (Å²) in [6.07, 6.45) is 1.64. The number of rotatable bonds is 4. The largest absolute Gasteiger partial charge is 0.481 e. The predicted octanol–water partition coefficient (Wildman–Crippen LogP) is 1.15. The van der Waals surface area contributed by atoms with Crippen LogP contribution in [0.3, 0.4) is 0 Å². The zero-order valence-corrected chi connectivity index (χ0v) is 8.13. The molecule has 0 aromatic carbocycles. The van der Waals surface area contributed by atoms with Crippen LogP contribution in [0, 0.1) is 11.3 Å². The van der Waals surface area contributed by atoms with Crippen molar-refractivity contribution in [2.75, 3.05) is 6.61 Å². The van der Waals surface area contributed by atoms with E-state index in [1.165, 1.54) is 0 Å². The van der Waals surface area contributed by atoms with Gasteiger partial charge in [-0.05, 0) is 12.5 Å². The Bertz CT molecular complexity index is 245. The molecule has 74 valence electrons. The molecule has 1 fully saturated rings. The molecule has 0 saturated heterocycles. The van der Waals surface area contributed by atoms with Crippen molar-refractivity contribution < 1.29 is 14.7 Å². The Morgan fingerprint density at radius 1 is 1.77 bits per heavy atom. The number of hydroxylamine groups is 1. The van der Waals surface area contributed by atoms with Gasteiger partial charge in [0.1, 0.15) is 0 Å². The van der Waals surface area contributed by atoms with Crippen LogP contribution >= 0.6 is 0 Å². The molecular formula is C9H15NO3. The molecule has 2 N–H and O–H groups in total. The van der Waals surface area contributed by atoms with E-state index in [9.17, 15) is 4.79 Å². The van der Waals surface area contributed by atoms with Crippen LogP contribution in [0.2, 0.25) is 0 Å². The Hall–Kier alpha value is -1.03. The molecule has 1 saturated carbocycles. The molecule has 0 bridgehead atoms. The fraction of sp³-hybridized carbons (Fsp3) is 0.667. The van der Waals surface area contributed by atoms with Crippen LogP contribution in [0.15, 0.2) is 11.8 Å². The molecule has 0 spiro atoms. The standard InChI is InChI=1S/C9H15NO3/c1-4-13-10-5-6-7(8(11)12)9(6,2)3/h5,7,10H,4H2,1-3H3,(H,11,12). The highest BCUT2D eigenvalue weighted by Crippen LogP contribution is 2.57. The molecule has 1 rings (SSSR count). The van der Waals surface area contributed by atoms with Crippen LogP contribution in [0.1, 0.15) is 20.8 Å². The Morgan fingerprint density at radius 2 is 2.38 bits per heavy atom. The van der Waals surface area contributed by atoms with E-state index in [0.29, 0.717) is 6.61 Å². The number of carboxylic acid groups (broad SMARTS) is 1. The fourth-order valence-electron chi connectivity index (χ4n) is 1.48. The summed E-state index contributed by atoms with van der Waals surface area (Å²) in [5.41, 5.74) is 3.27. The Labute approximate surface area is 77.5 Å². The van der Waals surface area contributed by atoms with Crippen molar-refractivity contribution in [3.05, 3.63) is 11.8 Å². The van der Waals surface area contributed by atoms with E-state index in [4.69, 9.17) is 9.94 Å². The number of hydrogen-bond acceptors (Lipinski definition) is 3. The van der Waals surface area contributed by atoms with Gasteiger partial charge >= 0.3 is 5.97 Å². The van der Waals surface area contributed by atoms with Crippen molar-refractivity contribution in [1.82, 2.24) is 5.48 Å². The maximum Gasteiger partial charge on any atom is 0.311 e. The highest BCUT2D eigenvalue weighted by atomic mass is 16.6. The van der Waals surface area contributed by atoms with Crippen molar-refractivity contribution in [2.45, 2.75) is 20.8 Å². The predicted molar refractivity (Wildman–Crippen MR) is 47.8 cm³/mol. The van der Waals surface area contributed by atoms with Gasteiger partial charge in [-0.15, -0.1) is 0 Å². The molecule has 1 unspecified atom stereocenters. The topological polar surface area (TPSA) is 58.6 Å². The number of carbonyl (C=O) groups is 1. The fourth-order valence-corrected chi connectivity index (χ4v) is 1.48. The van der Waals surface area contributed by atoms with E-state index in [-0.39, 0.29) is 11.3 Å². The molecule has 0 aromatic heterocycles. The minimum absolute atomic E-state index is 0.226. The van der Waals surface area contributed by atoms with Gasteiger partial charge in [-0.3, -0.25) is 15.1 Å². The van der Waals surface area contributed by atoms with Crippen LogP contribution in [-0.4, -0.2) is 17.7 Å². The summed E-state index contributed by atoms with van der Waals surface area (Å²) in [5.74, 6) is -1.13. The van der Waals surface area contributed by atoms with Crippen LogP contribution in [0.4, 0.5) is 0 Å². The molecule has 13 heavy (non-hydrogen) atoms. The first-order valence-corrected chi connectivity index (χ1v) is 4.32. The van der Waals surface area contributed by atoms with Gasteiger partial charge in [-0.1, -0.05) is 13.8 Å². The average molecular weight is 185 g/mol. The van der Waals surface area contributed by atoms with Crippen molar-refractivity contribution in [1.29, 1.82) is 0 Å². The third-order valence-electron chi connectivity index (χ3n) is 2.38. The zero-order valence-electron chi connectivity index (χ0n) is 8.13. The van der Waals surface area contributed by atoms with Crippen molar-refractivity contribution >= 4 is 5.97 Å². The van der Waals surface area contributed by atoms with E-state index in [1.807, 2.05) is 20.8 Å². The number of hydrogen-bond donors (Lipinski definition) is 2. The maximum absolute atomic E-state index is 10.7. The van der Waals surface area contributed by atoms with Gasteiger partial charge in [0.25, 0.3) is 0 Å². The van der Waals surface area contributed by atoms with Crippen LogP contribution in [-0.2, 0) is 9.63 Å². The quantitative estimate of drug-likeness (QED) is 0.509. The Balaban J connectivity index is 2.54. The first-order chi connectivity index (χ1) is 6.01. The van der Waals surface area contributed by atoms with Gasteiger partial charge in [-0.2, -0.15) is 0 Å². The second kappa shape index (κ2) is 3.38. The molecule has 0 aliphatic heterocycles.